The van der Waals surface area contributed by atoms with Crippen LogP contribution >= 0.6 is 11.6 Å². The van der Waals surface area contributed by atoms with Crippen LogP contribution < -0.4 is 10.2 Å². The molecular formula is C10H11ClN4O2. The Balaban J connectivity index is 2.37. The third-order valence-electron chi connectivity index (χ3n) is 2.83. The molecule has 1 N–H and O–H groups in total. The lowest BCUT2D eigenvalue weighted by atomic mass is 9.99. The van der Waals surface area contributed by atoms with Gasteiger partial charge in [0.1, 0.15) is 5.54 Å². The highest BCUT2D eigenvalue weighted by Gasteiger charge is 2.47. The molecule has 0 saturated carbocycles. The number of hydrogen-bond donors (Lipinski definition) is 1. The van der Waals surface area contributed by atoms with E-state index >= 15 is 0 Å². The lowest BCUT2D eigenvalue weighted by Gasteiger charge is -2.18. The summed E-state index contributed by atoms with van der Waals surface area (Å²) in [7, 11) is 0. The van der Waals surface area contributed by atoms with E-state index in [-0.39, 0.29) is 11.2 Å². The van der Waals surface area contributed by atoms with E-state index in [1.165, 1.54) is 12.4 Å². The molecule has 1 aliphatic heterocycles. The van der Waals surface area contributed by atoms with Crippen LogP contribution in [-0.2, 0) is 4.79 Å². The molecule has 0 spiro atoms. The predicted molar refractivity (Wildman–Crippen MR) is 61.8 cm³/mol. The quantitative estimate of drug-likeness (QED) is 0.639. The third kappa shape index (κ3) is 1.84. The van der Waals surface area contributed by atoms with Crippen LogP contribution in [0.3, 0.4) is 0 Å². The van der Waals surface area contributed by atoms with Gasteiger partial charge in [-0.3, -0.25) is 4.79 Å². The number of halogens is 1. The number of hydrogen-bond acceptors (Lipinski definition) is 4. The molecule has 0 radical (unpaired) electrons. The van der Waals surface area contributed by atoms with Crippen LogP contribution in [0.4, 0.5) is 10.5 Å². The van der Waals surface area contributed by atoms with Gasteiger partial charge < -0.3 is 5.32 Å². The molecule has 0 aliphatic carbocycles. The molecule has 1 fully saturated rings. The first kappa shape index (κ1) is 11.8. The number of nitrogens with one attached hydrogen (secondary N) is 1. The topological polar surface area (TPSA) is 75.2 Å². The zero-order chi connectivity index (χ0) is 12.6. The molecule has 1 aromatic rings. The highest BCUT2D eigenvalue weighted by Crippen LogP contribution is 2.25. The molecule has 2 heterocycles. The number of amides is 3. The predicted octanol–water partition coefficient (Wildman–Crippen LogP) is 1.35. The Morgan fingerprint density at radius 3 is 2.47 bits per heavy atom. The number of anilines is 1. The van der Waals surface area contributed by atoms with Crippen LogP contribution in [-0.4, -0.2) is 27.4 Å². The molecule has 1 atom stereocenters. The summed E-state index contributed by atoms with van der Waals surface area (Å²) < 4.78 is 0. The van der Waals surface area contributed by atoms with Crippen molar-refractivity contribution in [3.63, 3.8) is 0 Å². The first-order chi connectivity index (χ1) is 7.98. The van der Waals surface area contributed by atoms with Gasteiger partial charge in [0, 0.05) is 0 Å². The van der Waals surface area contributed by atoms with Gasteiger partial charge in [0.15, 0.2) is 0 Å². The molecule has 17 heavy (non-hydrogen) atoms. The zero-order valence-corrected chi connectivity index (χ0v) is 10.2. The van der Waals surface area contributed by atoms with Crippen LogP contribution in [0.5, 0.6) is 0 Å². The van der Waals surface area contributed by atoms with Crippen molar-refractivity contribution < 1.29 is 9.59 Å². The second-order valence-corrected chi connectivity index (χ2v) is 4.30. The summed E-state index contributed by atoms with van der Waals surface area (Å²) in [5.74, 6) is -0.309. The van der Waals surface area contributed by atoms with Crippen molar-refractivity contribution in [2.75, 3.05) is 4.90 Å². The highest BCUT2D eigenvalue weighted by atomic mass is 35.5. The molecule has 1 saturated heterocycles. The molecule has 0 aromatic carbocycles. The van der Waals surface area contributed by atoms with Gasteiger partial charge >= 0.3 is 6.03 Å². The zero-order valence-electron chi connectivity index (χ0n) is 9.40. The Hall–Kier alpha value is -1.69. The fourth-order valence-electron chi connectivity index (χ4n) is 1.58. The summed E-state index contributed by atoms with van der Waals surface area (Å²) in [6.45, 7) is 3.52. The van der Waals surface area contributed by atoms with Crippen LogP contribution in [0.2, 0.25) is 5.28 Å². The Kier molecular flexibility index (Phi) is 2.74. The van der Waals surface area contributed by atoms with E-state index in [4.69, 9.17) is 11.6 Å². The van der Waals surface area contributed by atoms with E-state index in [0.717, 1.165) is 4.90 Å². The molecule has 1 aromatic heterocycles. The normalized spacial score (nSPS) is 24.1. The smallest absolute Gasteiger partial charge is 0.323 e. The second-order valence-electron chi connectivity index (χ2n) is 3.97. The fraction of sp³-hybridized carbons (Fsp3) is 0.400. The minimum Gasteiger partial charge on any atom is -0.323 e. The Morgan fingerprint density at radius 2 is 2.00 bits per heavy atom. The number of carbonyl (C=O) groups is 2. The number of aromatic nitrogens is 2. The molecule has 1 aliphatic rings. The number of nitrogens with zero attached hydrogens (tertiary/aromatic N) is 3. The minimum atomic E-state index is -0.864. The molecule has 6 nitrogen and oxygen atoms in total. The molecular weight excluding hydrogens is 244 g/mol. The fourth-order valence-corrected chi connectivity index (χ4v) is 1.68. The number of imide groups is 1. The summed E-state index contributed by atoms with van der Waals surface area (Å²) in [6, 6.07) is -0.467. The standard InChI is InChI=1S/C10H11ClN4O2/c1-3-10(2)7(16)15(9(17)14-10)6-4-12-8(11)13-5-6/h4-5H,3H2,1-2H3,(H,14,17)/t10-/m1/s1. The van der Waals surface area contributed by atoms with E-state index in [9.17, 15) is 9.59 Å². The van der Waals surface area contributed by atoms with Gasteiger partial charge in [0.2, 0.25) is 5.28 Å². The maximum atomic E-state index is 12.1. The van der Waals surface area contributed by atoms with Crippen molar-refractivity contribution in [2.45, 2.75) is 25.8 Å². The summed E-state index contributed by atoms with van der Waals surface area (Å²) in [5, 5.41) is 2.71. The Labute approximate surface area is 103 Å². The van der Waals surface area contributed by atoms with Crippen LogP contribution in [0.25, 0.3) is 0 Å². The van der Waals surface area contributed by atoms with E-state index < -0.39 is 11.6 Å². The molecule has 0 unspecified atom stereocenters. The summed E-state index contributed by atoms with van der Waals surface area (Å²) >= 11 is 5.55. The van der Waals surface area contributed by atoms with Gasteiger partial charge in [-0.15, -0.1) is 0 Å². The van der Waals surface area contributed by atoms with Gasteiger partial charge in [-0.25, -0.2) is 19.7 Å². The molecule has 7 heteroatoms. The number of carbonyl (C=O) groups excluding carboxylic acids is 2. The van der Waals surface area contributed by atoms with Crippen molar-refractivity contribution in [3.05, 3.63) is 17.7 Å². The maximum Gasteiger partial charge on any atom is 0.329 e. The second kappa shape index (κ2) is 3.96. The van der Waals surface area contributed by atoms with Gasteiger partial charge in [-0.1, -0.05) is 6.92 Å². The van der Waals surface area contributed by atoms with Crippen LogP contribution in [0, 0.1) is 0 Å². The minimum absolute atomic E-state index is 0.0686. The van der Waals surface area contributed by atoms with Gasteiger partial charge in [-0.05, 0) is 24.9 Å². The lowest BCUT2D eigenvalue weighted by Crippen LogP contribution is -2.43. The van der Waals surface area contributed by atoms with Crippen molar-refractivity contribution in [3.8, 4) is 0 Å². The van der Waals surface area contributed by atoms with Gasteiger partial charge in [0.25, 0.3) is 5.91 Å². The van der Waals surface area contributed by atoms with Crippen LogP contribution in [0.15, 0.2) is 12.4 Å². The average Bonchev–Trinajstić information content (AvgIpc) is 2.53. The maximum absolute atomic E-state index is 12.1. The van der Waals surface area contributed by atoms with E-state index in [1.54, 1.807) is 6.92 Å². The number of urea groups is 1. The number of rotatable bonds is 2. The van der Waals surface area contributed by atoms with Crippen LogP contribution in [0.1, 0.15) is 20.3 Å². The van der Waals surface area contributed by atoms with Crippen molar-refractivity contribution in [1.29, 1.82) is 0 Å². The lowest BCUT2D eigenvalue weighted by molar-refractivity contribution is -0.121. The average molecular weight is 255 g/mol. The van der Waals surface area contributed by atoms with Crippen molar-refractivity contribution in [2.24, 2.45) is 0 Å². The first-order valence-corrected chi connectivity index (χ1v) is 5.50. The Morgan fingerprint density at radius 1 is 1.41 bits per heavy atom. The van der Waals surface area contributed by atoms with E-state index in [1.807, 2.05) is 6.92 Å². The van der Waals surface area contributed by atoms with Crippen molar-refractivity contribution in [1.82, 2.24) is 15.3 Å². The summed E-state index contributed by atoms with van der Waals surface area (Å²) in [5.41, 5.74) is -0.550. The monoisotopic (exact) mass is 254 g/mol. The SMILES string of the molecule is CC[C@@]1(C)NC(=O)N(c2cnc(Cl)nc2)C1=O. The molecule has 3 amide bonds. The largest absolute Gasteiger partial charge is 0.329 e. The summed E-state index contributed by atoms with van der Waals surface area (Å²) in [4.78, 5) is 32.4. The first-order valence-electron chi connectivity index (χ1n) is 5.12. The van der Waals surface area contributed by atoms with Crippen molar-refractivity contribution >= 4 is 29.2 Å². The molecule has 0 bridgehead atoms. The van der Waals surface area contributed by atoms with Gasteiger partial charge in [0.05, 0.1) is 18.1 Å². The molecule has 90 valence electrons. The molecule has 2 rings (SSSR count). The Bertz CT molecular complexity index is 476. The summed E-state index contributed by atoms with van der Waals surface area (Å²) in [6.07, 6.45) is 3.20. The third-order valence-corrected chi connectivity index (χ3v) is 3.03. The van der Waals surface area contributed by atoms with E-state index in [0.29, 0.717) is 12.1 Å². The van der Waals surface area contributed by atoms with E-state index in [2.05, 4.69) is 15.3 Å². The highest BCUT2D eigenvalue weighted by molar-refractivity contribution is 6.28. The van der Waals surface area contributed by atoms with Gasteiger partial charge in [-0.2, -0.15) is 0 Å².